The number of pyridine rings is 1. The fourth-order valence-corrected chi connectivity index (χ4v) is 2.01. The van der Waals surface area contributed by atoms with Crippen molar-refractivity contribution in [2.45, 2.75) is 20.3 Å². The molecule has 0 atom stereocenters. The summed E-state index contributed by atoms with van der Waals surface area (Å²) in [5.74, 6) is -0.251. The first kappa shape index (κ1) is 13.8. The molecule has 0 saturated heterocycles. The standard InChI is InChI=1S/C16H15N3O/c1-3-13-6-4-5-11(2)15(13)19-16(20)14-7-12(8-17)9-18-10-14/h4-7,9-10H,3H2,1-2H3,(H,19,20). The normalized spacial score (nSPS) is 9.85. The molecule has 0 saturated carbocycles. The van der Waals surface area contributed by atoms with Crippen molar-refractivity contribution in [3.8, 4) is 6.07 Å². The zero-order valence-electron chi connectivity index (χ0n) is 11.5. The zero-order chi connectivity index (χ0) is 14.5. The third-order valence-corrected chi connectivity index (χ3v) is 3.11. The van der Waals surface area contributed by atoms with Gasteiger partial charge in [-0.2, -0.15) is 5.26 Å². The van der Waals surface area contributed by atoms with E-state index in [1.54, 1.807) is 0 Å². The van der Waals surface area contributed by atoms with E-state index >= 15 is 0 Å². The molecular formula is C16H15N3O. The zero-order valence-corrected chi connectivity index (χ0v) is 11.5. The molecule has 0 unspecified atom stereocenters. The van der Waals surface area contributed by atoms with Crippen molar-refractivity contribution >= 4 is 11.6 Å². The van der Waals surface area contributed by atoms with E-state index in [9.17, 15) is 4.79 Å². The smallest absolute Gasteiger partial charge is 0.257 e. The number of nitrogens with zero attached hydrogens (tertiary/aromatic N) is 2. The van der Waals surface area contributed by atoms with Crippen LogP contribution in [0.5, 0.6) is 0 Å². The van der Waals surface area contributed by atoms with Crippen LogP contribution in [0.3, 0.4) is 0 Å². The summed E-state index contributed by atoms with van der Waals surface area (Å²) in [5.41, 5.74) is 3.69. The quantitative estimate of drug-likeness (QED) is 0.927. The molecule has 1 amide bonds. The maximum atomic E-state index is 12.2. The van der Waals surface area contributed by atoms with Crippen LogP contribution in [0.25, 0.3) is 0 Å². The average Bonchev–Trinajstić information content (AvgIpc) is 2.49. The Morgan fingerprint density at radius 2 is 2.20 bits per heavy atom. The number of carbonyl (C=O) groups is 1. The number of benzene rings is 1. The SMILES string of the molecule is CCc1cccc(C)c1NC(=O)c1cncc(C#N)c1. The van der Waals surface area contributed by atoms with Crippen LogP contribution in [0, 0.1) is 18.3 Å². The molecule has 0 fully saturated rings. The molecule has 0 bridgehead atoms. The van der Waals surface area contributed by atoms with Crippen LogP contribution < -0.4 is 5.32 Å². The number of aromatic nitrogens is 1. The van der Waals surface area contributed by atoms with Crippen molar-refractivity contribution in [3.05, 3.63) is 58.9 Å². The molecule has 100 valence electrons. The van der Waals surface area contributed by atoms with E-state index in [0.29, 0.717) is 11.1 Å². The number of amides is 1. The molecule has 2 aromatic rings. The van der Waals surface area contributed by atoms with Crippen molar-refractivity contribution < 1.29 is 4.79 Å². The third kappa shape index (κ3) is 2.83. The van der Waals surface area contributed by atoms with Crippen LogP contribution >= 0.6 is 0 Å². The van der Waals surface area contributed by atoms with Gasteiger partial charge in [-0.05, 0) is 30.5 Å². The molecule has 1 N–H and O–H groups in total. The molecule has 1 aromatic carbocycles. The largest absolute Gasteiger partial charge is 0.321 e. The van der Waals surface area contributed by atoms with Crippen molar-refractivity contribution in [3.63, 3.8) is 0 Å². The predicted octanol–water partition coefficient (Wildman–Crippen LogP) is 3.08. The van der Waals surface area contributed by atoms with Crippen molar-refractivity contribution in [2.24, 2.45) is 0 Å². The van der Waals surface area contributed by atoms with E-state index in [2.05, 4.69) is 10.3 Å². The number of para-hydroxylation sites is 1. The van der Waals surface area contributed by atoms with Gasteiger partial charge in [-0.15, -0.1) is 0 Å². The summed E-state index contributed by atoms with van der Waals surface area (Å²) in [6, 6.07) is 9.44. The highest BCUT2D eigenvalue weighted by Crippen LogP contribution is 2.21. The Labute approximate surface area is 118 Å². The molecule has 0 aliphatic carbocycles. The third-order valence-electron chi connectivity index (χ3n) is 3.11. The van der Waals surface area contributed by atoms with E-state index in [1.807, 2.05) is 38.1 Å². The second kappa shape index (κ2) is 5.98. The van der Waals surface area contributed by atoms with Crippen LogP contribution in [-0.4, -0.2) is 10.9 Å². The molecule has 1 aromatic heterocycles. The monoisotopic (exact) mass is 265 g/mol. The number of aryl methyl sites for hydroxylation is 2. The van der Waals surface area contributed by atoms with Gasteiger partial charge >= 0.3 is 0 Å². The maximum Gasteiger partial charge on any atom is 0.257 e. The van der Waals surface area contributed by atoms with Gasteiger partial charge < -0.3 is 5.32 Å². The number of hydrogen-bond acceptors (Lipinski definition) is 3. The first-order valence-corrected chi connectivity index (χ1v) is 6.40. The van der Waals surface area contributed by atoms with Crippen LogP contribution in [0.15, 0.2) is 36.7 Å². The maximum absolute atomic E-state index is 12.2. The Hall–Kier alpha value is -2.67. The topological polar surface area (TPSA) is 65.8 Å². The molecular weight excluding hydrogens is 250 g/mol. The minimum atomic E-state index is -0.251. The Morgan fingerprint density at radius 3 is 2.90 bits per heavy atom. The van der Waals surface area contributed by atoms with E-state index in [0.717, 1.165) is 23.2 Å². The molecule has 20 heavy (non-hydrogen) atoms. The minimum absolute atomic E-state index is 0.251. The van der Waals surface area contributed by atoms with Gasteiger partial charge in [-0.25, -0.2) is 0 Å². The summed E-state index contributed by atoms with van der Waals surface area (Å²) in [5, 5.41) is 11.7. The van der Waals surface area contributed by atoms with Crippen LogP contribution in [-0.2, 0) is 6.42 Å². The van der Waals surface area contributed by atoms with Crippen LogP contribution in [0.1, 0.15) is 34.0 Å². The lowest BCUT2D eigenvalue weighted by Gasteiger charge is -2.12. The molecule has 0 aliphatic heterocycles. The Bertz CT molecular complexity index is 686. The lowest BCUT2D eigenvalue weighted by Crippen LogP contribution is -2.14. The Balaban J connectivity index is 2.30. The second-order valence-corrected chi connectivity index (χ2v) is 4.49. The minimum Gasteiger partial charge on any atom is -0.321 e. The summed E-state index contributed by atoms with van der Waals surface area (Å²) in [7, 11) is 0. The first-order chi connectivity index (χ1) is 9.65. The predicted molar refractivity (Wildman–Crippen MR) is 77.5 cm³/mol. The number of nitrogens with one attached hydrogen (secondary N) is 1. The van der Waals surface area contributed by atoms with Crippen molar-refractivity contribution in [1.82, 2.24) is 4.98 Å². The van der Waals surface area contributed by atoms with Gasteiger partial charge in [0.25, 0.3) is 5.91 Å². The Morgan fingerprint density at radius 1 is 1.40 bits per heavy atom. The summed E-state index contributed by atoms with van der Waals surface area (Å²) < 4.78 is 0. The van der Waals surface area contributed by atoms with Gasteiger partial charge in [0.05, 0.1) is 11.1 Å². The van der Waals surface area contributed by atoms with Crippen molar-refractivity contribution in [1.29, 1.82) is 5.26 Å². The molecule has 4 nitrogen and oxygen atoms in total. The van der Waals surface area contributed by atoms with E-state index < -0.39 is 0 Å². The number of carbonyl (C=O) groups excluding carboxylic acids is 1. The number of rotatable bonds is 3. The van der Waals surface area contributed by atoms with Gasteiger partial charge in [0, 0.05) is 18.1 Å². The highest BCUT2D eigenvalue weighted by atomic mass is 16.1. The van der Waals surface area contributed by atoms with E-state index in [1.165, 1.54) is 18.5 Å². The molecule has 2 rings (SSSR count). The van der Waals surface area contributed by atoms with Crippen LogP contribution in [0.2, 0.25) is 0 Å². The van der Waals surface area contributed by atoms with E-state index in [-0.39, 0.29) is 5.91 Å². The second-order valence-electron chi connectivity index (χ2n) is 4.49. The molecule has 0 radical (unpaired) electrons. The van der Waals surface area contributed by atoms with Gasteiger partial charge in [0.15, 0.2) is 0 Å². The van der Waals surface area contributed by atoms with Gasteiger partial charge in [0.1, 0.15) is 6.07 Å². The first-order valence-electron chi connectivity index (χ1n) is 6.40. The average molecular weight is 265 g/mol. The summed E-state index contributed by atoms with van der Waals surface area (Å²) in [6.45, 7) is 4.00. The lowest BCUT2D eigenvalue weighted by molar-refractivity contribution is 0.102. The fourth-order valence-electron chi connectivity index (χ4n) is 2.01. The molecule has 1 heterocycles. The Kier molecular flexibility index (Phi) is 4.11. The van der Waals surface area contributed by atoms with Crippen molar-refractivity contribution in [2.75, 3.05) is 5.32 Å². The number of anilines is 1. The van der Waals surface area contributed by atoms with Gasteiger partial charge in [-0.1, -0.05) is 25.1 Å². The van der Waals surface area contributed by atoms with E-state index in [4.69, 9.17) is 5.26 Å². The highest BCUT2D eigenvalue weighted by molar-refractivity contribution is 6.05. The van der Waals surface area contributed by atoms with Gasteiger partial charge in [-0.3, -0.25) is 9.78 Å². The highest BCUT2D eigenvalue weighted by Gasteiger charge is 2.11. The molecule has 4 heteroatoms. The number of hydrogen-bond donors (Lipinski definition) is 1. The molecule has 0 spiro atoms. The number of nitriles is 1. The van der Waals surface area contributed by atoms with Crippen LogP contribution in [0.4, 0.5) is 5.69 Å². The fraction of sp³-hybridized carbons (Fsp3) is 0.188. The summed E-state index contributed by atoms with van der Waals surface area (Å²) >= 11 is 0. The molecule has 0 aliphatic rings. The summed E-state index contributed by atoms with van der Waals surface area (Å²) in [6.07, 6.45) is 3.73. The summed E-state index contributed by atoms with van der Waals surface area (Å²) in [4.78, 5) is 16.1. The lowest BCUT2D eigenvalue weighted by atomic mass is 10.1. The van der Waals surface area contributed by atoms with Gasteiger partial charge in [0.2, 0.25) is 0 Å².